The lowest BCUT2D eigenvalue weighted by atomic mass is 10.7. The zero-order valence-corrected chi connectivity index (χ0v) is 6.72. The average Bonchev–Trinajstić information content (AvgIpc) is 2.40. The van der Waals surface area contributed by atoms with Crippen LogP contribution in [0.25, 0.3) is 0 Å². The van der Waals surface area contributed by atoms with Gasteiger partial charge in [0.2, 0.25) is 5.88 Å². The van der Waals surface area contributed by atoms with E-state index < -0.39 is 0 Å². The van der Waals surface area contributed by atoms with E-state index in [1.807, 2.05) is 12.3 Å². The number of methoxy groups -OCH3 is 1. The summed E-state index contributed by atoms with van der Waals surface area (Å²) in [5, 5.41) is 1.86. The van der Waals surface area contributed by atoms with Crippen molar-refractivity contribution in [2.75, 3.05) is 7.11 Å². The van der Waals surface area contributed by atoms with Crippen LogP contribution in [0.2, 0.25) is 0 Å². The summed E-state index contributed by atoms with van der Waals surface area (Å²) >= 11 is 1.36. The molecule has 0 N–H and O–H groups in total. The van der Waals surface area contributed by atoms with E-state index in [2.05, 4.69) is 4.37 Å². The number of ether oxygens (including phenoxy) is 2. The molecule has 4 heteroatoms. The Kier molecular flexibility index (Phi) is 2.65. The maximum atomic E-state index is 5.18. The molecule has 1 heterocycles. The predicted octanol–water partition coefficient (Wildman–Crippen LogP) is 1.51. The first-order chi connectivity index (χ1) is 4.83. The van der Waals surface area contributed by atoms with E-state index in [-0.39, 0.29) is 6.29 Å². The number of hydrogen-bond acceptors (Lipinski definition) is 4. The fourth-order valence-corrected chi connectivity index (χ4v) is 0.926. The van der Waals surface area contributed by atoms with Crippen LogP contribution >= 0.6 is 11.5 Å². The van der Waals surface area contributed by atoms with Crippen molar-refractivity contribution in [3.05, 3.63) is 11.4 Å². The fraction of sp³-hybridized carbons (Fsp3) is 0.500. The van der Waals surface area contributed by atoms with Crippen LogP contribution in [-0.2, 0) is 4.74 Å². The minimum Gasteiger partial charge on any atom is -0.447 e. The highest BCUT2D eigenvalue weighted by Gasteiger charge is 2.00. The molecule has 0 fully saturated rings. The summed E-state index contributed by atoms with van der Waals surface area (Å²) in [4.78, 5) is 0. The van der Waals surface area contributed by atoms with E-state index in [1.165, 1.54) is 11.5 Å². The van der Waals surface area contributed by atoms with E-state index in [1.54, 1.807) is 13.2 Å². The van der Waals surface area contributed by atoms with Crippen LogP contribution in [0.15, 0.2) is 11.4 Å². The molecule has 0 saturated heterocycles. The minimum absolute atomic E-state index is 0.220. The van der Waals surface area contributed by atoms with Gasteiger partial charge in [-0.05, 0) is 18.5 Å². The Labute approximate surface area is 63.8 Å². The Morgan fingerprint density at radius 1 is 1.70 bits per heavy atom. The molecular formula is C6H9NO2S. The molecule has 10 heavy (non-hydrogen) atoms. The predicted molar refractivity (Wildman–Crippen MR) is 39.2 cm³/mol. The molecule has 1 rings (SSSR count). The summed E-state index contributed by atoms with van der Waals surface area (Å²) in [6.45, 7) is 1.82. The lowest BCUT2D eigenvalue weighted by Crippen LogP contribution is -2.13. The topological polar surface area (TPSA) is 31.4 Å². The molecule has 1 unspecified atom stereocenters. The van der Waals surface area contributed by atoms with E-state index in [9.17, 15) is 0 Å². The van der Waals surface area contributed by atoms with Gasteiger partial charge in [-0.3, -0.25) is 0 Å². The summed E-state index contributed by atoms with van der Waals surface area (Å²) in [6, 6.07) is 1.81. The number of rotatable bonds is 3. The first kappa shape index (κ1) is 7.50. The Balaban J connectivity index is 2.40. The second-order valence-corrected chi connectivity index (χ2v) is 2.42. The van der Waals surface area contributed by atoms with Crippen LogP contribution in [0.1, 0.15) is 6.92 Å². The molecule has 0 spiro atoms. The molecule has 0 bridgehead atoms. The van der Waals surface area contributed by atoms with Crippen LogP contribution in [0.3, 0.4) is 0 Å². The third-order valence-electron chi connectivity index (χ3n) is 1.03. The Hall–Kier alpha value is -0.610. The number of aromatic nitrogens is 1. The van der Waals surface area contributed by atoms with E-state index in [4.69, 9.17) is 9.47 Å². The average molecular weight is 159 g/mol. The maximum absolute atomic E-state index is 5.18. The normalized spacial score (nSPS) is 13.0. The second-order valence-electron chi connectivity index (χ2n) is 1.76. The second kappa shape index (κ2) is 3.53. The molecule has 0 aromatic carbocycles. The molecule has 0 aliphatic heterocycles. The van der Waals surface area contributed by atoms with Gasteiger partial charge in [-0.2, -0.15) is 4.37 Å². The first-order valence-electron chi connectivity index (χ1n) is 2.93. The monoisotopic (exact) mass is 159 g/mol. The fourth-order valence-electron chi connectivity index (χ4n) is 0.480. The quantitative estimate of drug-likeness (QED) is 0.626. The van der Waals surface area contributed by atoms with E-state index in [0.717, 1.165) is 0 Å². The smallest absolute Gasteiger partial charge is 0.227 e. The van der Waals surface area contributed by atoms with Gasteiger partial charge in [0.25, 0.3) is 0 Å². The molecule has 0 amide bonds. The van der Waals surface area contributed by atoms with Gasteiger partial charge < -0.3 is 9.47 Å². The van der Waals surface area contributed by atoms with Crippen molar-refractivity contribution >= 4 is 11.5 Å². The van der Waals surface area contributed by atoms with Gasteiger partial charge in [-0.1, -0.05) is 0 Å². The SMILES string of the molecule is COC(C)Oc1ccsn1. The van der Waals surface area contributed by atoms with E-state index >= 15 is 0 Å². The molecule has 56 valence electrons. The molecular weight excluding hydrogens is 150 g/mol. The van der Waals surface area contributed by atoms with Crippen molar-refractivity contribution in [2.45, 2.75) is 13.2 Å². The summed E-state index contributed by atoms with van der Waals surface area (Å²) in [5.41, 5.74) is 0. The molecule has 0 aliphatic rings. The summed E-state index contributed by atoms with van der Waals surface area (Å²) in [5.74, 6) is 0.624. The molecule has 0 saturated carbocycles. The van der Waals surface area contributed by atoms with Gasteiger partial charge in [-0.25, -0.2) is 0 Å². The molecule has 3 nitrogen and oxygen atoms in total. The summed E-state index contributed by atoms with van der Waals surface area (Å²) in [6.07, 6.45) is -0.220. The van der Waals surface area contributed by atoms with Gasteiger partial charge in [0, 0.05) is 18.6 Å². The lowest BCUT2D eigenvalue weighted by Gasteiger charge is -2.08. The van der Waals surface area contributed by atoms with Crippen LogP contribution < -0.4 is 4.74 Å². The summed E-state index contributed by atoms with van der Waals surface area (Å²) in [7, 11) is 1.59. The summed E-state index contributed by atoms with van der Waals surface area (Å²) < 4.78 is 14.0. The van der Waals surface area contributed by atoms with Gasteiger partial charge in [-0.15, -0.1) is 0 Å². The van der Waals surface area contributed by atoms with Crippen LogP contribution in [0, 0.1) is 0 Å². The molecule has 1 atom stereocenters. The van der Waals surface area contributed by atoms with Crippen LogP contribution in [-0.4, -0.2) is 17.8 Å². The lowest BCUT2D eigenvalue weighted by molar-refractivity contribution is -0.0404. The highest BCUT2D eigenvalue weighted by molar-refractivity contribution is 7.03. The van der Waals surface area contributed by atoms with Crippen molar-refractivity contribution in [3.63, 3.8) is 0 Å². The maximum Gasteiger partial charge on any atom is 0.227 e. The molecule has 0 radical (unpaired) electrons. The largest absolute Gasteiger partial charge is 0.447 e. The first-order valence-corrected chi connectivity index (χ1v) is 3.76. The molecule has 1 aromatic rings. The van der Waals surface area contributed by atoms with Crippen molar-refractivity contribution in [1.82, 2.24) is 4.37 Å². The molecule has 1 aromatic heterocycles. The highest BCUT2D eigenvalue weighted by atomic mass is 32.1. The zero-order valence-electron chi connectivity index (χ0n) is 5.90. The van der Waals surface area contributed by atoms with Gasteiger partial charge >= 0.3 is 0 Å². The number of nitrogens with zero attached hydrogens (tertiary/aromatic N) is 1. The number of hydrogen-bond donors (Lipinski definition) is 0. The Morgan fingerprint density at radius 3 is 3.00 bits per heavy atom. The molecule has 0 aliphatic carbocycles. The Bertz CT molecular complexity index is 176. The van der Waals surface area contributed by atoms with Crippen molar-refractivity contribution < 1.29 is 9.47 Å². The van der Waals surface area contributed by atoms with Crippen molar-refractivity contribution in [2.24, 2.45) is 0 Å². The zero-order chi connectivity index (χ0) is 7.40. The van der Waals surface area contributed by atoms with E-state index in [0.29, 0.717) is 5.88 Å². The van der Waals surface area contributed by atoms with Gasteiger partial charge in [0.15, 0.2) is 6.29 Å². The third-order valence-corrected chi connectivity index (χ3v) is 1.58. The van der Waals surface area contributed by atoms with Crippen molar-refractivity contribution in [3.8, 4) is 5.88 Å². The van der Waals surface area contributed by atoms with Crippen LogP contribution in [0.5, 0.6) is 5.88 Å². The minimum atomic E-state index is -0.220. The van der Waals surface area contributed by atoms with Gasteiger partial charge in [0.05, 0.1) is 0 Å². The van der Waals surface area contributed by atoms with Crippen molar-refractivity contribution in [1.29, 1.82) is 0 Å². The van der Waals surface area contributed by atoms with Gasteiger partial charge in [0.1, 0.15) is 0 Å². The van der Waals surface area contributed by atoms with Crippen LogP contribution in [0.4, 0.5) is 0 Å². The Morgan fingerprint density at radius 2 is 2.50 bits per heavy atom. The standard InChI is InChI=1S/C6H9NO2S/c1-5(8-2)9-6-3-4-10-7-6/h3-5H,1-2H3. The highest BCUT2D eigenvalue weighted by Crippen LogP contribution is 2.10. The third kappa shape index (κ3) is 1.97.